The molecule has 4 nitrogen and oxygen atoms in total. The summed E-state index contributed by atoms with van der Waals surface area (Å²) in [4.78, 5) is 15.7. The topological polar surface area (TPSA) is 51.8 Å². The van der Waals surface area contributed by atoms with Gasteiger partial charge in [0.1, 0.15) is 11.2 Å². The maximum Gasteiger partial charge on any atom is 0.160 e. The summed E-state index contributed by atoms with van der Waals surface area (Å²) in [6, 6.07) is 78.5. The molecule has 3 heterocycles. The zero-order chi connectivity index (χ0) is 41.7. The van der Waals surface area contributed by atoms with E-state index < -0.39 is 0 Å². The Morgan fingerprint density at radius 2 is 0.810 bits per heavy atom. The van der Waals surface area contributed by atoms with Crippen molar-refractivity contribution < 1.29 is 4.42 Å². The predicted molar refractivity (Wildman–Crippen MR) is 260 cm³/mol. The molecule has 0 saturated heterocycles. The third kappa shape index (κ3) is 6.62. The molecule has 0 spiro atoms. The van der Waals surface area contributed by atoms with E-state index >= 15 is 0 Å². The van der Waals surface area contributed by atoms with Crippen LogP contribution in [0.15, 0.2) is 229 Å². The third-order valence-corrected chi connectivity index (χ3v) is 12.1. The molecule has 0 bridgehead atoms. The average Bonchev–Trinajstić information content (AvgIpc) is 3.77. The molecule has 0 N–H and O–H groups in total. The molecule has 4 heteroatoms. The second-order valence-electron chi connectivity index (χ2n) is 15.9. The lowest BCUT2D eigenvalue weighted by Gasteiger charge is -2.12. The highest BCUT2D eigenvalue weighted by Gasteiger charge is 2.20. The first-order valence-corrected chi connectivity index (χ1v) is 21.2. The van der Waals surface area contributed by atoms with Crippen LogP contribution in [0.3, 0.4) is 0 Å². The van der Waals surface area contributed by atoms with Crippen LogP contribution >= 0.6 is 0 Å². The molecule has 0 fully saturated rings. The van der Waals surface area contributed by atoms with E-state index in [4.69, 9.17) is 19.4 Å². The Hall–Kier alpha value is -8.47. The number of aromatic nitrogens is 3. The quantitative estimate of drug-likeness (QED) is 0.161. The van der Waals surface area contributed by atoms with Gasteiger partial charge in [0.05, 0.1) is 28.0 Å². The molecule has 0 saturated carbocycles. The lowest BCUT2D eigenvalue weighted by molar-refractivity contribution is 0.672. The summed E-state index contributed by atoms with van der Waals surface area (Å²) >= 11 is 0. The Kier molecular flexibility index (Phi) is 8.79. The number of hydrogen-bond donors (Lipinski definition) is 0. The van der Waals surface area contributed by atoms with Crippen molar-refractivity contribution >= 4 is 43.6 Å². The molecule has 0 aliphatic heterocycles. The molecular weight excluding hydrogens is 767 g/mol. The fourth-order valence-electron chi connectivity index (χ4n) is 8.88. The van der Waals surface area contributed by atoms with Crippen LogP contribution in [-0.2, 0) is 0 Å². The maximum absolute atomic E-state index is 6.71. The van der Waals surface area contributed by atoms with Crippen LogP contribution in [0, 0.1) is 0 Å². The second kappa shape index (κ2) is 15.2. The maximum atomic E-state index is 6.71. The van der Waals surface area contributed by atoms with Gasteiger partial charge in [-0.2, -0.15) is 0 Å². The number of para-hydroxylation sites is 1. The van der Waals surface area contributed by atoms with Gasteiger partial charge in [0.2, 0.25) is 0 Å². The van der Waals surface area contributed by atoms with E-state index in [1.807, 2.05) is 24.3 Å². The number of nitrogens with zero attached hydrogens (tertiary/aromatic N) is 3. The van der Waals surface area contributed by atoms with Crippen LogP contribution < -0.4 is 0 Å². The van der Waals surface area contributed by atoms with E-state index in [0.29, 0.717) is 5.82 Å². The number of pyridine rings is 1. The Labute approximate surface area is 364 Å². The molecule has 3 aromatic heterocycles. The Morgan fingerprint density at radius 3 is 1.46 bits per heavy atom. The molecule has 0 amide bonds. The largest absolute Gasteiger partial charge is 0.455 e. The average molecular weight is 804 g/mol. The summed E-state index contributed by atoms with van der Waals surface area (Å²) < 4.78 is 6.71. The summed E-state index contributed by atoms with van der Waals surface area (Å²) in [6.45, 7) is 0. The normalized spacial score (nSPS) is 11.5. The molecule has 0 unspecified atom stereocenters. The van der Waals surface area contributed by atoms with E-state index in [1.165, 1.54) is 21.9 Å². The first-order valence-electron chi connectivity index (χ1n) is 21.2. The highest BCUT2D eigenvalue weighted by atomic mass is 16.3. The molecule has 294 valence electrons. The van der Waals surface area contributed by atoms with Gasteiger partial charge in [-0.05, 0) is 68.4 Å². The van der Waals surface area contributed by atoms with E-state index in [-0.39, 0.29) is 0 Å². The molecule has 0 atom stereocenters. The fourth-order valence-corrected chi connectivity index (χ4v) is 8.88. The minimum absolute atomic E-state index is 0.679. The van der Waals surface area contributed by atoms with E-state index in [2.05, 4.69) is 200 Å². The highest BCUT2D eigenvalue weighted by molar-refractivity contribution is 6.21. The van der Waals surface area contributed by atoms with Gasteiger partial charge >= 0.3 is 0 Å². The molecule has 63 heavy (non-hydrogen) atoms. The Balaban J connectivity index is 0.940. The minimum Gasteiger partial charge on any atom is -0.455 e. The first kappa shape index (κ1) is 36.4. The summed E-state index contributed by atoms with van der Waals surface area (Å²) in [7, 11) is 0. The monoisotopic (exact) mass is 803 g/mol. The summed E-state index contributed by atoms with van der Waals surface area (Å²) in [5.74, 6) is 0.679. The Morgan fingerprint density at radius 1 is 0.317 bits per heavy atom. The molecular formula is C59H37N3O. The van der Waals surface area contributed by atoms with Crippen molar-refractivity contribution in [2.24, 2.45) is 0 Å². The van der Waals surface area contributed by atoms with Crippen molar-refractivity contribution in [1.29, 1.82) is 0 Å². The van der Waals surface area contributed by atoms with Gasteiger partial charge in [0.25, 0.3) is 0 Å². The molecule has 12 aromatic rings. The molecule has 0 aliphatic carbocycles. The van der Waals surface area contributed by atoms with E-state index in [9.17, 15) is 0 Å². The van der Waals surface area contributed by atoms with Crippen LogP contribution in [-0.4, -0.2) is 15.0 Å². The zero-order valence-corrected chi connectivity index (χ0v) is 34.1. The van der Waals surface area contributed by atoms with Gasteiger partial charge < -0.3 is 4.42 Å². The number of benzene rings is 9. The summed E-state index contributed by atoms with van der Waals surface area (Å²) in [5.41, 5.74) is 16.2. The molecule has 0 aliphatic rings. The molecule has 0 radical (unpaired) electrons. The van der Waals surface area contributed by atoms with Crippen molar-refractivity contribution in [3.63, 3.8) is 0 Å². The third-order valence-electron chi connectivity index (χ3n) is 12.1. The van der Waals surface area contributed by atoms with Gasteiger partial charge in [-0.15, -0.1) is 0 Å². The predicted octanol–water partition coefficient (Wildman–Crippen LogP) is 15.7. The van der Waals surface area contributed by atoms with Crippen LogP contribution in [0.2, 0.25) is 0 Å². The number of hydrogen-bond acceptors (Lipinski definition) is 4. The lowest BCUT2D eigenvalue weighted by atomic mass is 9.96. The number of rotatable bonds is 7. The van der Waals surface area contributed by atoms with Crippen LogP contribution in [0.5, 0.6) is 0 Å². The SMILES string of the molecule is c1ccc(-c2ccc(-c3cc(-c4ccc(-c5ccc6nc(-c7cccc8ccccc78)c7c8ccccc8oc7c6c5)cc4)nc(-c4ccc(-c5ccccc5)cc4)n3)cc2)cc1. The van der Waals surface area contributed by atoms with Crippen molar-refractivity contribution in [2.45, 2.75) is 0 Å². The van der Waals surface area contributed by atoms with Gasteiger partial charge in [0, 0.05) is 33.0 Å². The van der Waals surface area contributed by atoms with Crippen molar-refractivity contribution in [2.75, 3.05) is 0 Å². The van der Waals surface area contributed by atoms with E-state index in [0.717, 1.165) is 94.4 Å². The molecule has 12 rings (SSSR count). The smallest absolute Gasteiger partial charge is 0.160 e. The Bertz CT molecular complexity index is 3530. The van der Waals surface area contributed by atoms with Gasteiger partial charge in [-0.3, -0.25) is 0 Å². The van der Waals surface area contributed by atoms with Crippen molar-refractivity contribution in [1.82, 2.24) is 15.0 Å². The standard InChI is InChI=1S/C59H37N3O/c1-3-12-38(13-4-1)40-22-28-44(29-23-40)53-37-54(62-59(61-53)46-32-26-41(27-33-46)39-14-5-2-6-15-39)45-30-24-42(25-31-45)47-34-35-52-51(36-47)58-56(50-19-9-10-21-55(50)63-58)57(60-52)49-20-11-17-43-16-7-8-18-48(43)49/h1-37H. The van der Waals surface area contributed by atoms with Crippen LogP contribution in [0.1, 0.15) is 0 Å². The summed E-state index contributed by atoms with van der Waals surface area (Å²) in [6.07, 6.45) is 0. The van der Waals surface area contributed by atoms with Crippen LogP contribution in [0.4, 0.5) is 0 Å². The zero-order valence-electron chi connectivity index (χ0n) is 34.1. The molecule has 9 aromatic carbocycles. The summed E-state index contributed by atoms with van der Waals surface area (Å²) in [5, 5.41) is 5.42. The number of fused-ring (bicyclic) bond motifs is 6. The van der Waals surface area contributed by atoms with Gasteiger partial charge in [-0.1, -0.05) is 200 Å². The first-order chi connectivity index (χ1) is 31.2. The number of furan rings is 1. The van der Waals surface area contributed by atoms with Crippen molar-refractivity contribution in [3.8, 4) is 78.5 Å². The van der Waals surface area contributed by atoms with Crippen molar-refractivity contribution in [3.05, 3.63) is 224 Å². The lowest BCUT2D eigenvalue weighted by Crippen LogP contribution is -1.96. The highest BCUT2D eigenvalue weighted by Crippen LogP contribution is 2.42. The van der Waals surface area contributed by atoms with E-state index in [1.54, 1.807) is 0 Å². The second-order valence-corrected chi connectivity index (χ2v) is 15.9. The van der Waals surface area contributed by atoms with Crippen LogP contribution in [0.25, 0.3) is 122 Å². The fraction of sp³-hybridized carbons (Fsp3) is 0. The van der Waals surface area contributed by atoms with Gasteiger partial charge in [0.15, 0.2) is 5.82 Å². The van der Waals surface area contributed by atoms with Gasteiger partial charge in [-0.25, -0.2) is 15.0 Å². The minimum atomic E-state index is 0.679.